The summed E-state index contributed by atoms with van der Waals surface area (Å²) in [6.07, 6.45) is 8.95. The number of hydrogen-bond donors (Lipinski definition) is 2. The Morgan fingerprint density at radius 3 is 2.89 bits per heavy atom. The van der Waals surface area contributed by atoms with Crippen LogP contribution in [0.2, 0.25) is 0 Å². The summed E-state index contributed by atoms with van der Waals surface area (Å²) in [5.74, 6) is 6.39. The lowest BCUT2D eigenvalue weighted by Gasteiger charge is -2.23. The molecule has 3 N–H and O–H groups in total. The highest BCUT2D eigenvalue weighted by Gasteiger charge is 2.28. The van der Waals surface area contributed by atoms with Crippen LogP contribution in [0.15, 0.2) is 24.3 Å². The molecule has 2 atom stereocenters. The van der Waals surface area contributed by atoms with Crippen molar-refractivity contribution in [3.05, 3.63) is 35.4 Å². The summed E-state index contributed by atoms with van der Waals surface area (Å²) in [5, 5.41) is 0. The maximum Gasteiger partial charge on any atom is 0.0279 e. The molecule has 2 nitrogen and oxygen atoms in total. The summed E-state index contributed by atoms with van der Waals surface area (Å²) in [6.45, 7) is 2.26. The van der Waals surface area contributed by atoms with Gasteiger partial charge in [0.25, 0.3) is 0 Å². The number of rotatable bonds is 7. The fourth-order valence-electron chi connectivity index (χ4n) is 3.20. The lowest BCUT2D eigenvalue weighted by molar-refractivity contribution is 0.396. The third-order valence-corrected chi connectivity index (χ3v) is 4.25. The van der Waals surface area contributed by atoms with Crippen molar-refractivity contribution in [1.82, 2.24) is 5.43 Å². The minimum absolute atomic E-state index is 0.450. The fraction of sp³-hybridized carbons (Fsp3) is 0.625. The number of benzene rings is 1. The van der Waals surface area contributed by atoms with Crippen LogP contribution in [0.4, 0.5) is 0 Å². The molecule has 2 rings (SSSR count). The Kier molecular flexibility index (Phi) is 5.21. The molecule has 2 heteroatoms. The summed E-state index contributed by atoms with van der Waals surface area (Å²) in [6, 6.07) is 9.30. The van der Waals surface area contributed by atoms with E-state index in [-0.39, 0.29) is 0 Å². The third-order valence-electron chi connectivity index (χ3n) is 4.25. The van der Waals surface area contributed by atoms with Gasteiger partial charge in [-0.25, -0.2) is 0 Å². The SMILES string of the molecule is CCCCCCC(NN)C1CCc2ccccc21. The zero-order chi connectivity index (χ0) is 12.8. The molecular weight excluding hydrogens is 220 g/mol. The van der Waals surface area contributed by atoms with Gasteiger partial charge in [-0.15, -0.1) is 0 Å². The summed E-state index contributed by atoms with van der Waals surface area (Å²) < 4.78 is 0. The van der Waals surface area contributed by atoms with Crippen LogP contribution in [0, 0.1) is 0 Å². The summed E-state index contributed by atoms with van der Waals surface area (Å²) in [7, 11) is 0. The van der Waals surface area contributed by atoms with Crippen molar-refractivity contribution in [3.8, 4) is 0 Å². The number of nitrogens with two attached hydrogens (primary N) is 1. The lowest BCUT2D eigenvalue weighted by Crippen LogP contribution is -2.39. The molecule has 0 fully saturated rings. The highest BCUT2D eigenvalue weighted by atomic mass is 15.2. The predicted molar refractivity (Wildman–Crippen MR) is 77.4 cm³/mol. The second kappa shape index (κ2) is 6.91. The van der Waals surface area contributed by atoms with Crippen molar-refractivity contribution < 1.29 is 0 Å². The van der Waals surface area contributed by atoms with Crippen molar-refractivity contribution in [2.24, 2.45) is 5.84 Å². The van der Waals surface area contributed by atoms with E-state index in [1.54, 1.807) is 0 Å². The van der Waals surface area contributed by atoms with Crippen molar-refractivity contribution in [3.63, 3.8) is 0 Å². The maximum atomic E-state index is 5.77. The number of hydrazine groups is 1. The predicted octanol–water partition coefficient (Wildman–Crippen LogP) is 3.52. The Morgan fingerprint density at radius 1 is 1.28 bits per heavy atom. The smallest absolute Gasteiger partial charge is 0.0279 e. The van der Waals surface area contributed by atoms with Crippen LogP contribution in [0.5, 0.6) is 0 Å². The Hall–Kier alpha value is -0.860. The second-order valence-corrected chi connectivity index (χ2v) is 5.47. The molecule has 1 aromatic rings. The second-order valence-electron chi connectivity index (χ2n) is 5.47. The molecule has 1 aliphatic rings. The third kappa shape index (κ3) is 3.12. The summed E-state index contributed by atoms with van der Waals surface area (Å²) >= 11 is 0. The topological polar surface area (TPSA) is 38.0 Å². The Morgan fingerprint density at radius 2 is 2.11 bits per heavy atom. The van der Waals surface area contributed by atoms with Crippen molar-refractivity contribution in [2.75, 3.05) is 0 Å². The molecule has 0 saturated heterocycles. The van der Waals surface area contributed by atoms with E-state index in [1.165, 1.54) is 56.1 Å². The van der Waals surface area contributed by atoms with Gasteiger partial charge in [0, 0.05) is 12.0 Å². The molecule has 100 valence electrons. The average molecular weight is 246 g/mol. The van der Waals surface area contributed by atoms with Crippen molar-refractivity contribution in [1.29, 1.82) is 0 Å². The molecular formula is C16H26N2. The summed E-state index contributed by atoms with van der Waals surface area (Å²) in [4.78, 5) is 0. The van der Waals surface area contributed by atoms with Gasteiger partial charge in [0.2, 0.25) is 0 Å². The zero-order valence-electron chi connectivity index (χ0n) is 11.5. The first-order valence-electron chi connectivity index (χ1n) is 7.40. The van der Waals surface area contributed by atoms with Gasteiger partial charge in [-0.1, -0.05) is 56.9 Å². The van der Waals surface area contributed by atoms with Crippen LogP contribution in [-0.2, 0) is 6.42 Å². The van der Waals surface area contributed by atoms with E-state index >= 15 is 0 Å². The molecule has 0 aliphatic heterocycles. The normalized spacial score (nSPS) is 19.8. The van der Waals surface area contributed by atoms with Gasteiger partial charge in [0.15, 0.2) is 0 Å². The molecule has 0 bridgehead atoms. The first-order chi connectivity index (χ1) is 8.86. The summed E-state index contributed by atoms with van der Waals surface area (Å²) in [5.41, 5.74) is 6.11. The van der Waals surface area contributed by atoms with Gasteiger partial charge in [-0.2, -0.15) is 0 Å². The number of aryl methyl sites for hydroxylation is 1. The van der Waals surface area contributed by atoms with Crippen LogP contribution in [0.1, 0.15) is 62.5 Å². The van der Waals surface area contributed by atoms with Gasteiger partial charge in [0.1, 0.15) is 0 Å². The van der Waals surface area contributed by atoms with Gasteiger partial charge in [-0.3, -0.25) is 11.3 Å². The molecule has 18 heavy (non-hydrogen) atoms. The van der Waals surface area contributed by atoms with Crippen LogP contribution < -0.4 is 11.3 Å². The first kappa shape index (κ1) is 13.6. The minimum Gasteiger partial charge on any atom is -0.271 e. The minimum atomic E-state index is 0.450. The Labute approximate surface area is 111 Å². The lowest BCUT2D eigenvalue weighted by atomic mass is 9.90. The van der Waals surface area contributed by atoms with Crippen LogP contribution in [0.3, 0.4) is 0 Å². The highest BCUT2D eigenvalue weighted by molar-refractivity contribution is 5.35. The molecule has 0 aromatic heterocycles. The van der Waals surface area contributed by atoms with Gasteiger partial charge in [-0.05, 0) is 30.4 Å². The van der Waals surface area contributed by atoms with Crippen LogP contribution >= 0.6 is 0 Å². The van der Waals surface area contributed by atoms with E-state index in [0.29, 0.717) is 12.0 Å². The van der Waals surface area contributed by atoms with Crippen LogP contribution in [0.25, 0.3) is 0 Å². The molecule has 1 aromatic carbocycles. The van der Waals surface area contributed by atoms with Crippen molar-refractivity contribution >= 4 is 0 Å². The van der Waals surface area contributed by atoms with E-state index in [4.69, 9.17) is 5.84 Å². The molecule has 0 saturated carbocycles. The molecule has 0 radical (unpaired) electrons. The number of fused-ring (bicyclic) bond motifs is 1. The molecule has 0 heterocycles. The van der Waals surface area contributed by atoms with E-state index < -0.39 is 0 Å². The van der Waals surface area contributed by atoms with Gasteiger partial charge < -0.3 is 0 Å². The fourth-order valence-corrected chi connectivity index (χ4v) is 3.20. The number of hydrogen-bond acceptors (Lipinski definition) is 2. The molecule has 0 spiro atoms. The first-order valence-corrected chi connectivity index (χ1v) is 7.40. The monoisotopic (exact) mass is 246 g/mol. The Balaban J connectivity index is 1.93. The number of unbranched alkanes of at least 4 members (excludes halogenated alkanes) is 3. The average Bonchev–Trinajstić information content (AvgIpc) is 2.83. The van der Waals surface area contributed by atoms with Crippen molar-refractivity contribution in [2.45, 2.75) is 63.8 Å². The van der Waals surface area contributed by atoms with Crippen LogP contribution in [-0.4, -0.2) is 6.04 Å². The van der Waals surface area contributed by atoms with E-state index in [9.17, 15) is 0 Å². The van der Waals surface area contributed by atoms with E-state index in [2.05, 4.69) is 36.6 Å². The van der Waals surface area contributed by atoms with E-state index in [1.807, 2.05) is 0 Å². The van der Waals surface area contributed by atoms with E-state index in [0.717, 1.165) is 0 Å². The maximum absolute atomic E-state index is 5.77. The van der Waals surface area contributed by atoms with Gasteiger partial charge >= 0.3 is 0 Å². The number of nitrogens with one attached hydrogen (secondary N) is 1. The molecule has 1 aliphatic carbocycles. The van der Waals surface area contributed by atoms with Gasteiger partial charge in [0.05, 0.1) is 0 Å². The highest BCUT2D eigenvalue weighted by Crippen LogP contribution is 2.36. The molecule has 0 amide bonds. The zero-order valence-corrected chi connectivity index (χ0v) is 11.5. The molecule has 2 unspecified atom stereocenters. The Bertz CT molecular complexity index is 362. The standard InChI is InChI=1S/C16H26N2/c1-2-3-4-5-10-16(18-17)15-12-11-13-8-6-7-9-14(13)15/h6-9,15-16,18H,2-5,10-12,17H2,1H3. The largest absolute Gasteiger partial charge is 0.271 e. The quantitative estimate of drug-likeness (QED) is 0.439.